The summed E-state index contributed by atoms with van der Waals surface area (Å²) >= 11 is 0. The van der Waals surface area contributed by atoms with E-state index in [1.807, 2.05) is 0 Å². The number of carbonyl (C=O) groups excluding carboxylic acids is 1. The van der Waals surface area contributed by atoms with Crippen molar-refractivity contribution in [3.05, 3.63) is 0 Å². The number of methoxy groups -OCH3 is 2. The van der Waals surface area contributed by atoms with Gasteiger partial charge in [-0.25, -0.2) is 0 Å². The Morgan fingerprint density at radius 2 is 2.10 bits per heavy atom. The molecule has 0 aromatic carbocycles. The lowest BCUT2D eigenvalue weighted by molar-refractivity contribution is -0.140. The fourth-order valence-electron chi connectivity index (χ4n) is 3.48. The molecule has 0 spiro atoms. The molecule has 1 aliphatic heterocycles. The maximum Gasteiger partial charge on any atom is 0.228 e. The van der Waals surface area contributed by atoms with Crippen LogP contribution >= 0.6 is 0 Å². The average molecular weight is 298 g/mol. The Labute approximate surface area is 128 Å². The summed E-state index contributed by atoms with van der Waals surface area (Å²) in [6.07, 6.45) is 5.51. The smallest absolute Gasteiger partial charge is 0.228 e. The van der Waals surface area contributed by atoms with Gasteiger partial charge in [0.05, 0.1) is 18.6 Å². The van der Waals surface area contributed by atoms with E-state index in [9.17, 15) is 4.79 Å². The highest BCUT2D eigenvalue weighted by atomic mass is 16.5. The second kappa shape index (κ2) is 8.11. The second-order valence-electron chi connectivity index (χ2n) is 6.58. The Morgan fingerprint density at radius 1 is 1.29 bits per heavy atom. The van der Waals surface area contributed by atoms with Gasteiger partial charge in [-0.1, -0.05) is 6.42 Å². The minimum absolute atomic E-state index is 0.199. The largest absolute Gasteiger partial charge is 0.384 e. The van der Waals surface area contributed by atoms with Crippen LogP contribution in [0.3, 0.4) is 0 Å². The fraction of sp³-hybridized carbons (Fsp3) is 0.938. The van der Waals surface area contributed by atoms with E-state index >= 15 is 0 Å². The molecule has 0 radical (unpaired) electrons. The van der Waals surface area contributed by atoms with E-state index < -0.39 is 0 Å². The van der Waals surface area contributed by atoms with Crippen molar-refractivity contribution in [3.63, 3.8) is 0 Å². The molecule has 1 unspecified atom stereocenters. The molecule has 122 valence electrons. The number of hydrogen-bond donors (Lipinski definition) is 1. The molecule has 1 aliphatic carbocycles. The Bertz CT molecular complexity index is 331. The van der Waals surface area contributed by atoms with Crippen LogP contribution in [-0.4, -0.2) is 64.4 Å². The van der Waals surface area contributed by atoms with Gasteiger partial charge < -0.3 is 19.7 Å². The zero-order valence-electron chi connectivity index (χ0n) is 13.5. The van der Waals surface area contributed by atoms with Gasteiger partial charge in [-0.3, -0.25) is 4.79 Å². The van der Waals surface area contributed by atoms with Gasteiger partial charge in [0.2, 0.25) is 5.91 Å². The molecule has 1 saturated carbocycles. The molecule has 0 aromatic rings. The number of piperidine rings is 1. The minimum atomic E-state index is -0.237. The standard InChI is InChI=1S/C16H30N2O3/c1-20-10-9-18-8-3-5-14(12-18)11-17-15(19)16(13-21-2)6-4-7-16/h14H,3-13H2,1-2H3,(H,17,19). The van der Waals surface area contributed by atoms with E-state index in [-0.39, 0.29) is 11.3 Å². The maximum atomic E-state index is 12.4. The number of nitrogens with zero attached hydrogens (tertiary/aromatic N) is 1. The van der Waals surface area contributed by atoms with E-state index in [1.54, 1.807) is 14.2 Å². The molecule has 5 heteroatoms. The molecule has 5 nitrogen and oxygen atoms in total. The fourth-order valence-corrected chi connectivity index (χ4v) is 3.48. The lowest BCUT2D eigenvalue weighted by Gasteiger charge is -2.40. The quantitative estimate of drug-likeness (QED) is 0.733. The third kappa shape index (κ3) is 4.41. The number of hydrogen-bond acceptors (Lipinski definition) is 4. The number of amides is 1. The van der Waals surface area contributed by atoms with Crippen LogP contribution in [0.4, 0.5) is 0 Å². The van der Waals surface area contributed by atoms with Crippen molar-refractivity contribution in [2.75, 3.05) is 53.6 Å². The Balaban J connectivity index is 1.73. The average Bonchev–Trinajstić information content (AvgIpc) is 2.47. The van der Waals surface area contributed by atoms with E-state index in [0.717, 1.165) is 52.0 Å². The Morgan fingerprint density at radius 3 is 2.71 bits per heavy atom. The van der Waals surface area contributed by atoms with Crippen LogP contribution < -0.4 is 5.32 Å². The number of likely N-dealkylation sites (tertiary alicyclic amines) is 1. The summed E-state index contributed by atoms with van der Waals surface area (Å²) in [5.74, 6) is 0.767. The Kier molecular flexibility index (Phi) is 6.45. The number of nitrogens with one attached hydrogen (secondary N) is 1. The normalized spacial score (nSPS) is 25.3. The van der Waals surface area contributed by atoms with E-state index in [2.05, 4.69) is 10.2 Å². The lowest BCUT2D eigenvalue weighted by atomic mass is 9.68. The molecule has 2 aliphatic rings. The van der Waals surface area contributed by atoms with Gasteiger partial charge in [-0.2, -0.15) is 0 Å². The van der Waals surface area contributed by atoms with Gasteiger partial charge in [0, 0.05) is 33.9 Å². The van der Waals surface area contributed by atoms with Crippen molar-refractivity contribution >= 4 is 5.91 Å². The van der Waals surface area contributed by atoms with Crippen molar-refractivity contribution in [3.8, 4) is 0 Å². The first-order valence-corrected chi connectivity index (χ1v) is 8.19. The summed E-state index contributed by atoms with van der Waals surface area (Å²) in [5, 5.41) is 3.18. The SMILES string of the molecule is COCCN1CCCC(CNC(=O)C2(COC)CCC2)C1. The van der Waals surface area contributed by atoms with Gasteiger partial charge >= 0.3 is 0 Å². The predicted molar refractivity (Wildman–Crippen MR) is 82.2 cm³/mol. The number of rotatable bonds is 8. The predicted octanol–water partition coefficient (Wildman–Crippen LogP) is 1.28. The molecule has 1 saturated heterocycles. The van der Waals surface area contributed by atoms with Gasteiger partial charge in [0.25, 0.3) is 0 Å². The van der Waals surface area contributed by atoms with E-state index in [0.29, 0.717) is 12.5 Å². The zero-order valence-corrected chi connectivity index (χ0v) is 13.5. The number of ether oxygens (including phenoxy) is 2. The third-order valence-corrected chi connectivity index (χ3v) is 4.98. The zero-order chi connectivity index (χ0) is 15.1. The molecule has 1 heterocycles. The highest BCUT2D eigenvalue weighted by Gasteiger charge is 2.44. The van der Waals surface area contributed by atoms with Gasteiger partial charge in [0.15, 0.2) is 0 Å². The van der Waals surface area contributed by atoms with Gasteiger partial charge in [0.1, 0.15) is 0 Å². The summed E-state index contributed by atoms with van der Waals surface area (Å²) in [7, 11) is 3.43. The topological polar surface area (TPSA) is 50.8 Å². The van der Waals surface area contributed by atoms with Gasteiger partial charge in [-0.15, -0.1) is 0 Å². The molecule has 2 fully saturated rings. The molecule has 1 atom stereocenters. The van der Waals surface area contributed by atoms with Crippen molar-refractivity contribution < 1.29 is 14.3 Å². The van der Waals surface area contributed by atoms with Crippen LogP contribution in [0.15, 0.2) is 0 Å². The lowest BCUT2D eigenvalue weighted by Crippen LogP contribution is -2.50. The number of carbonyl (C=O) groups is 1. The third-order valence-electron chi connectivity index (χ3n) is 4.98. The molecule has 0 bridgehead atoms. The Hall–Kier alpha value is -0.650. The summed E-state index contributed by atoms with van der Waals surface area (Å²) < 4.78 is 10.4. The first kappa shape index (κ1) is 16.7. The molecule has 1 N–H and O–H groups in total. The summed E-state index contributed by atoms with van der Waals surface area (Å²) in [4.78, 5) is 14.9. The van der Waals surface area contributed by atoms with Crippen LogP contribution in [0.5, 0.6) is 0 Å². The van der Waals surface area contributed by atoms with Gasteiger partial charge in [-0.05, 0) is 38.1 Å². The van der Waals surface area contributed by atoms with Crippen molar-refractivity contribution in [1.29, 1.82) is 0 Å². The second-order valence-corrected chi connectivity index (χ2v) is 6.58. The summed E-state index contributed by atoms with van der Waals surface area (Å²) in [6, 6.07) is 0. The van der Waals surface area contributed by atoms with Crippen molar-refractivity contribution in [2.45, 2.75) is 32.1 Å². The highest BCUT2D eigenvalue weighted by Crippen LogP contribution is 2.41. The monoisotopic (exact) mass is 298 g/mol. The van der Waals surface area contributed by atoms with Crippen molar-refractivity contribution in [1.82, 2.24) is 10.2 Å². The summed E-state index contributed by atoms with van der Waals surface area (Å²) in [6.45, 7) is 5.37. The molecular weight excluding hydrogens is 268 g/mol. The molecule has 2 rings (SSSR count). The highest BCUT2D eigenvalue weighted by molar-refractivity contribution is 5.83. The molecular formula is C16H30N2O3. The maximum absolute atomic E-state index is 12.4. The molecule has 21 heavy (non-hydrogen) atoms. The van der Waals surface area contributed by atoms with E-state index in [1.165, 1.54) is 12.8 Å². The van der Waals surface area contributed by atoms with Crippen LogP contribution in [0.1, 0.15) is 32.1 Å². The van der Waals surface area contributed by atoms with Crippen molar-refractivity contribution in [2.24, 2.45) is 11.3 Å². The summed E-state index contributed by atoms with van der Waals surface area (Å²) in [5.41, 5.74) is -0.237. The first-order valence-electron chi connectivity index (χ1n) is 8.19. The first-order chi connectivity index (χ1) is 10.2. The van der Waals surface area contributed by atoms with Crippen LogP contribution in [-0.2, 0) is 14.3 Å². The van der Waals surface area contributed by atoms with Crippen LogP contribution in [0.25, 0.3) is 0 Å². The molecule has 0 aromatic heterocycles. The van der Waals surface area contributed by atoms with Crippen LogP contribution in [0.2, 0.25) is 0 Å². The molecule has 1 amide bonds. The van der Waals surface area contributed by atoms with Crippen LogP contribution in [0, 0.1) is 11.3 Å². The minimum Gasteiger partial charge on any atom is -0.384 e. The van der Waals surface area contributed by atoms with E-state index in [4.69, 9.17) is 9.47 Å².